The highest BCUT2D eigenvalue weighted by molar-refractivity contribution is 5.84. The molecule has 8 nitrogen and oxygen atoms in total. The second kappa shape index (κ2) is 8.09. The molecule has 8 heteroatoms. The lowest BCUT2D eigenvalue weighted by Crippen LogP contribution is -2.29. The number of aromatic carboxylic acids is 1. The fourth-order valence-electron chi connectivity index (χ4n) is 2.20. The number of carboxylic acid groups (broad SMARTS) is 1. The zero-order valence-electron chi connectivity index (χ0n) is 13.6. The first-order chi connectivity index (χ1) is 11.5. The van der Waals surface area contributed by atoms with E-state index in [1.165, 1.54) is 16.4 Å². The van der Waals surface area contributed by atoms with Crippen molar-refractivity contribution in [3.63, 3.8) is 0 Å². The number of nitrogens with zero attached hydrogens (tertiary/aromatic N) is 3. The number of carbonyl (C=O) groups excluding carboxylic acids is 1. The molecule has 0 radical (unpaired) electrons. The summed E-state index contributed by atoms with van der Waals surface area (Å²) in [6, 6.07) is 7.84. The average molecular weight is 332 g/mol. The van der Waals surface area contributed by atoms with Gasteiger partial charge >= 0.3 is 5.97 Å². The van der Waals surface area contributed by atoms with Gasteiger partial charge in [-0.1, -0.05) is 24.3 Å². The normalized spacial score (nSPS) is 11.8. The Hall–Kier alpha value is -2.90. The molecule has 1 amide bonds. The molecule has 0 saturated carbocycles. The van der Waals surface area contributed by atoms with E-state index in [4.69, 9.17) is 9.84 Å². The van der Waals surface area contributed by atoms with Crippen LogP contribution in [0.15, 0.2) is 30.5 Å². The molecule has 0 aliphatic carbocycles. The van der Waals surface area contributed by atoms with Gasteiger partial charge in [-0.3, -0.25) is 4.79 Å². The van der Waals surface area contributed by atoms with Crippen LogP contribution >= 0.6 is 0 Å². The molecule has 2 aromatic rings. The van der Waals surface area contributed by atoms with Crippen LogP contribution in [0.25, 0.3) is 0 Å². The van der Waals surface area contributed by atoms with Crippen molar-refractivity contribution in [3.05, 3.63) is 41.7 Å². The fourth-order valence-corrected chi connectivity index (χ4v) is 2.20. The summed E-state index contributed by atoms with van der Waals surface area (Å²) in [7, 11) is 1.63. The molecule has 0 saturated heterocycles. The van der Waals surface area contributed by atoms with E-state index in [-0.39, 0.29) is 18.1 Å². The van der Waals surface area contributed by atoms with Crippen molar-refractivity contribution >= 4 is 11.9 Å². The number of rotatable bonds is 8. The van der Waals surface area contributed by atoms with E-state index in [1.807, 2.05) is 24.3 Å². The zero-order chi connectivity index (χ0) is 17.5. The number of carbonyl (C=O) groups is 2. The van der Waals surface area contributed by atoms with Gasteiger partial charge in [0.05, 0.1) is 13.3 Å². The van der Waals surface area contributed by atoms with Crippen molar-refractivity contribution in [2.45, 2.75) is 25.8 Å². The molecule has 2 N–H and O–H groups in total. The Balaban J connectivity index is 1.75. The van der Waals surface area contributed by atoms with E-state index >= 15 is 0 Å². The van der Waals surface area contributed by atoms with Gasteiger partial charge in [-0.25, -0.2) is 9.48 Å². The topological polar surface area (TPSA) is 106 Å². The minimum Gasteiger partial charge on any atom is -0.497 e. The first-order valence-electron chi connectivity index (χ1n) is 7.53. The van der Waals surface area contributed by atoms with Crippen molar-refractivity contribution in [1.29, 1.82) is 0 Å². The number of aromatic nitrogens is 3. The molecule has 2 rings (SSSR count). The molecular formula is C16H20N4O4. The van der Waals surface area contributed by atoms with E-state index in [0.717, 1.165) is 12.2 Å². The van der Waals surface area contributed by atoms with Crippen molar-refractivity contribution in [3.8, 4) is 5.75 Å². The summed E-state index contributed by atoms with van der Waals surface area (Å²) in [5.41, 5.74) is 0.989. The number of carboxylic acids is 1. The van der Waals surface area contributed by atoms with Gasteiger partial charge in [0.1, 0.15) is 12.3 Å². The van der Waals surface area contributed by atoms with E-state index in [2.05, 4.69) is 22.6 Å². The van der Waals surface area contributed by atoms with Crippen LogP contribution in [-0.2, 0) is 11.3 Å². The first kappa shape index (κ1) is 17.5. The number of benzene rings is 1. The van der Waals surface area contributed by atoms with Crippen LogP contribution in [0.3, 0.4) is 0 Å². The Morgan fingerprint density at radius 3 is 2.62 bits per heavy atom. The van der Waals surface area contributed by atoms with Gasteiger partial charge in [0.2, 0.25) is 5.91 Å². The lowest BCUT2D eigenvalue weighted by atomic mass is 9.98. The number of nitrogens with one attached hydrogen (secondary N) is 1. The van der Waals surface area contributed by atoms with E-state index in [9.17, 15) is 9.59 Å². The molecule has 1 heterocycles. The summed E-state index contributed by atoms with van der Waals surface area (Å²) in [6.45, 7) is 2.55. The van der Waals surface area contributed by atoms with Crippen LogP contribution in [0.2, 0.25) is 0 Å². The van der Waals surface area contributed by atoms with Gasteiger partial charge in [-0.05, 0) is 30.0 Å². The van der Waals surface area contributed by atoms with Crippen molar-refractivity contribution in [2.24, 2.45) is 0 Å². The Bertz CT molecular complexity index is 696. The minimum absolute atomic E-state index is 0.0583. The van der Waals surface area contributed by atoms with Gasteiger partial charge in [0, 0.05) is 6.54 Å². The van der Waals surface area contributed by atoms with Gasteiger partial charge in [0.25, 0.3) is 0 Å². The van der Waals surface area contributed by atoms with Gasteiger partial charge in [-0.2, -0.15) is 0 Å². The van der Waals surface area contributed by atoms with Crippen molar-refractivity contribution in [2.75, 3.05) is 13.7 Å². The maximum atomic E-state index is 11.8. The molecule has 1 aromatic heterocycles. The Morgan fingerprint density at radius 2 is 2.04 bits per heavy atom. The molecule has 1 aromatic carbocycles. The lowest BCUT2D eigenvalue weighted by molar-refractivity contribution is -0.121. The maximum Gasteiger partial charge on any atom is 0.358 e. The third kappa shape index (κ3) is 4.80. The summed E-state index contributed by atoms with van der Waals surface area (Å²) < 4.78 is 6.33. The van der Waals surface area contributed by atoms with Crippen LogP contribution in [-0.4, -0.2) is 45.6 Å². The largest absolute Gasteiger partial charge is 0.497 e. The summed E-state index contributed by atoms with van der Waals surface area (Å²) in [5.74, 6) is -0.303. The molecular weight excluding hydrogens is 312 g/mol. The quantitative estimate of drug-likeness (QED) is 0.754. The van der Waals surface area contributed by atoms with E-state index < -0.39 is 5.97 Å². The molecule has 24 heavy (non-hydrogen) atoms. The highest BCUT2D eigenvalue weighted by Crippen LogP contribution is 2.21. The number of methoxy groups -OCH3 is 1. The van der Waals surface area contributed by atoms with Crippen LogP contribution in [0, 0.1) is 0 Å². The molecule has 1 atom stereocenters. The number of amides is 1. The Morgan fingerprint density at radius 1 is 1.33 bits per heavy atom. The van der Waals surface area contributed by atoms with Crippen LogP contribution in [0.1, 0.15) is 35.3 Å². The van der Waals surface area contributed by atoms with Crippen molar-refractivity contribution in [1.82, 2.24) is 20.3 Å². The maximum absolute atomic E-state index is 11.8. The van der Waals surface area contributed by atoms with Gasteiger partial charge in [-0.15, -0.1) is 5.10 Å². The molecule has 0 aliphatic rings. The third-order valence-electron chi connectivity index (χ3n) is 3.65. The Kier molecular flexibility index (Phi) is 5.89. The molecule has 1 unspecified atom stereocenters. The number of ether oxygens (including phenoxy) is 1. The summed E-state index contributed by atoms with van der Waals surface area (Å²) in [6.07, 6.45) is 2.01. The monoisotopic (exact) mass is 332 g/mol. The van der Waals surface area contributed by atoms with E-state index in [1.54, 1.807) is 7.11 Å². The van der Waals surface area contributed by atoms with E-state index in [0.29, 0.717) is 12.5 Å². The van der Waals surface area contributed by atoms with Gasteiger partial charge < -0.3 is 15.2 Å². The van der Waals surface area contributed by atoms with Crippen molar-refractivity contribution < 1.29 is 19.4 Å². The predicted molar refractivity (Wildman–Crippen MR) is 86.0 cm³/mol. The Labute approximate surface area is 139 Å². The molecule has 0 bridgehead atoms. The lowest BCUT2D eigenvalue weighted by Gasteiger charge is -2.13. The zero-order valence-corrected chi connectivity index (χ0v) is 13.6. The standard InChI is InChI=1S/C16H20N4O4/c1-11(12-3-5-13(24-2)6-4-12)7-8-17-15(21)10-20-9-14(16(22)23)18-19-20/h3-6,9,11H,7-8,10H2,1-2H3,(H,17,21)(H,22,23). The molecule has 128 valence electrons. The fraction of sp³-hybridized carbons (Fsp3) is 0.375. The third-order valence-corrected chi connectivity index (χ3v) is 3.65. The second-order valence-corrected chi connectivity index (χ2v) is 5.42. The highest BCUT2D eigenvalue weighted by Gasteiger charge is 2.11. The molecule has 0 fully saturated rings. The SMILES string of the molecule is COc1ccc(C(C)CCNC(=O)Cn2cc(C(=O)O)nn2)cc1. The predicted octanol–water partition coefficient (Wildman–Crippen LogP) is 1.29. The molecule has 0 spiro atoms. The smallest absolute Gasteiger partial charge is 0.358 e. The molecule has 0 aliphatic heterocycles. The van der Waals surface area contributed by atoms with Crippen LogP contribution in [0.4, 0.5) is 0 Å². The number of hydrogen-bond acceptors (Lipinski definition) is 5. The first-order valence-corrected chi connectivity index (χ1v) is 7.53. The average Bonchev–Trinajstić information content (AvgIpc) is 3.03. The van der Waals surface area contributed by atoms with Crippen LogP contribution < -0.4 is 10.1 Å². The second-order valence-electron chi connectivity index (χ2n) is 5.42. The minimum atomic E-state index is -1.17. The summed E-state index contributed by atoms with van der Waals surface area (Å²) in [5, 5.41) is 18.6. The summed E-state index contributed by atoms with van der Waals surface area (Å²) in [4.78, 5) is 22.5. The van der Waals surface area contributed by atoms with Gasteiger partial charge in [0.15, 0.2) is 5.69 Å². The summed E-state index contributed by atoms with van der Waals surface area (Å²) >= 11 is 0. The highest BCUT2D eigenvalue weighted by atomic mass is 16.5. The number of hydrogen-bond donors (Lipinski definition) is 2. The van der Waals surface area contributed by atoms with Crippen LogP contribution in [0.5, 0.6) is 5.75 Å².